The van der Waals surface area contributed by atoms with E-state index in [9.17, 15) is 4.79 Å². The van der Waals surface area contributed by atoms with Gasteiger partial charge in [0.1, 0.15) is 0 Å². The van der Waals surface area contributed by atoms with Crippen LogP contribution in [0, 0.1) is 0 Å². The number of benzene rings is 1. The molecule has 0 spiro atoms. The lowest BCUT2D eigenvalue weighted by molar-refractivity contribution is 0.0652. The van der Waals surface area contributed by atoms with Crippen molar-refractivity contribution < 1.29 is 4.79 Å². The second kappa shape index (κ2) is 3.50. The molecule has 3 nitrogen and oxygen atoms in total. The number of nitrogens with two attached hydrogens (primary N) is 1. The Hall–Kier alpha value is -1.22. The third-order valence-electron chi connectivity index (χ3n) is 2.40. The molecule has 0 atom stereocenters. The molecular formula is C10H11ClN2O. The molecule has 0 aromatic heterocycles. The van der Waals surface area contributed by atoms with Gasteiger partial charge in [0.25, 0.3) is 5.91 Å². The zero-order valence-corrected chi connectivity index (χ0v) is 8.42. The molecule has 1 aliphatic heterocycles. The second-order valence-corrected chi connectivity index (χ2v) is 3.73. The van der Waals surface area contributed by atoms with Gasteiger partial charge in [-0.1, -0.05) is 17.7 Å². The van der Waals surface area contributed by atoms with Crippen LogP contribution in [0.3, 0.4) is 0 Å². The molecule has 2 N–H and O–H groups in total. The number of carbonyl (C=O) groups excluding carboxylic acids is 1. The Labute approximate surface area is 87.4 Å². The first-order valence-corrected chi connectivity index (χ1v) is 4.91. The van der Waals surface area contributed by atoms with Crippen LogP contribution in [-0.4, -0.2) is 23.9 Å². The number of amides is 1. The fourth-order valence-corrected chi connectivity index (χ4v) is 1.61. The number of rotatable bonds is 1. The minimum Gasteiger partial charge on any atom is -0.398 e. The van der Waals surface area contributed by atoms with Crippen LogP contribution in [0.15, 0.2) is 18.2 Å². The Balaban J connectivity index is 2.31. The standard InChI is InChI=1S/C10H11ClN2O/c11-9-7(3-1-4-8(9)12)10(14)13-5-2-6-13/h1,3-4H,2,5-6,12H2. The number of hydrogen-bond acceptors (Lipinski definition) is 2. The summed E-state index contributed by atoms with van der Waals surface area (Å²) in [6, 6.07) is 5.14. The molecule has 1 aliphatic rings. The lowest BCUT2D eigenvalue weighted by Crippen LogP contribution is -2.42. The van der Waals surface area contributed by atoms with Crippen LogP contribution < -0.4 is 5.73 Å². The molecule has 14 heavy (non-hydrogen) atoms. The van der Waals surface area contributed by atoms with Crippen molar-refractivity contribution in [3.63, 3.8) is 0 Å². The predicted octanol–water partition coefficient (Wildman–Crippen LogP) is 1.77. The molecule has 1 aromatic rings. The molecule has 0 saturated carbocycles. The Bertz CT molecular complexity index is 374. The highest BCUT2D eigenvalue weighted by Gasteiger charge is 2.23. The monoisotopic (exact) mass is 210 g/mol. The van der Waals surface area contributed by atoms with Gasteiger partial charge in [-0.15, -0.1) is 0 Å². The summed E-state index contributed by atoms with van der Waals surface area (Å²) in [6.45, 7) is 1.65. The van der Waals surface area contributed by atoms with E-state index in [-0.39, 0.29) is 5.91 Å². The summed E-state index contributed by atoms with van der Waals surface area (Å²) in [6.07, 6.45) is 1.08. The first kappa shape index (κ1) is 9.34. The Morgan fingerprint density at radius 3 is 2.71 bits per heavy atom. The lowest BCUT2D eigenvalue weighted by atomic mass is 10.1. The van der Waals surface area contributed by atoms with E-state index >= 15 is 0 Å². The number of halogens is 1. The van der Waals surface area contributed by atoms with Gasteiger partial charge in [0, 0.05) is 13.1 Å². The van der Waals surface area contributed by atoms with E-state index in [1.54, 1.807) is 23.1 Å². The van der Waals surface area contributed by atoms with E-state index < -0.39 is 0 Å². The molecule has 74 valence electrons. The maximum Gasteiger partial charge on any atom is 0.255 e. The number of likely N-dealkylation sites (tertiary alicyclic amines) is 1. The van der Waals surface area contributed by atoms with Gasteiger partial charge in [0.05, 0.1) is 16.3 Å². The topological polar surface area (TPSA) is 46.3 Å². The summed E-state index contributed by atoms with van der Waals surface area (Å²) in [7, 11) is 0. The smallest absolute Gasteiger partial charge is 0.255 e. The van der Waals surface area contributed by atoms with Crippen LogP contribution in [0.2, 0.25) is 5.02 Å². The van der Waals surface area contributed by atoms with Crippen LogP contribution in [0.4, 0.5) is 5.69 Å². The largest absolute Gasteiger partial charge is 0.398 e. The molecule has 1 fully saturated rings. The van der Waals surface area contributed by atoms with Crippen LogP contribution in [0.5, 0.6) is 0 Å². The highest BCUT2D eigenvalue weighted by molar-refractivity contribution is 6.36. The lowest BCUT2D eigenvalue weighted by Gasteiger charge is -2.31. The number of nitrogen functional groups attached to an aromatic ring is 1. The minimum atomic E-state index is -0.0199. The molecule has 4 heteroatoms. The highest BCUT2D eigenvalue weighted by atomic mass is 35.5. The summed E-state index contributed by atoms with van der Waals surface area (Å²) < 4.78 is 0. The second-order valence-electron chi connectivity index (χ2n) is 3.35. The summed E-state index contributed by atoms with van der Waals surface area (Å²) in [4.78, 5) is 13.6. The van der Waals surface area contributed by atoms with Crippen molar-refractivity contribution in [1.82, 2.24) is 4.90 Å². The fourth-order valence-electron chi connectivity index (χ4n) is 1.40. The van der Waals surface area contributed by atoms with E-state index in [0.717, 1.165) is 19.5 Å². The molecule has 0 radical (unpaired) electrons. The number of anilines is 1. The SMILES string of the molecule is Nc1cccc(C(=O)N2CCC2)c1Cl. The molecule has 1 saturated heterocycles. The van der Waals surface area contributed by atoms with Gasteiger partial charge in [-0.2, -0.15) is 0 Å². The van der Waals surface area contributed by atoms with Crippen molar-refractivity contribution in [1.29, 1.82) is 0 Å². The van der Waals surface area contributed by atoms with Crippen molar-refractivity contribution in [3.8, 4) is 0 Å². The van der Waals surface area contributed by atoms with Gasteiger partial charge in [0.15, 0.2) is 0 Å². The van der Waals surface area contributed by atoms with Crippen LogP contribution in [0.1, 0.15) is 16.8 Å². The first-order valence-electron chi connectivity index (χ1n) is 4.53. The zero-order chi connectivity index (χ0) is 10.1. The van der Waals surface area contributed by atoms with Crippen molar-refractivity contribution in [2.45, 2.75) is 6.42 Å². The van der Waals surface area contributed by atoms with Crippen LogP contribution >= 0.6 is 11.6 Å². The Kier molecular flexibility index (Phi) is 2.33. The molecule has 0 bridgehead atoms. The summed E-state index contributed by atoms with van der Waals surface area (Å²) in [5, 5.41) is 0.365. The maximum atomic E-state index is 11.8. The van der Waals surface area contributed by atoms with Crippen molar-refractivity contribution in [2.24, 2.45) is 0 Å². The average Bonchev–Trinajstić information content (AvgIpc) is 2.06. The highest BCUT2D eigenvalue weighted by Crippen LogP contribution is 2.25. The third-order valence-corrected chi connectivity index (χ3v) is 2.82. The van der Waals surface area contributed by atoms with E-state index in [2.05, 4.69) is 0 Å². The molecule has 0 unspecified atom stereocenters. The molecular weight excluding hydrogens is 200 g/mol. The van der Waals surface area contributed by atoms with Crippen molar-refractivity contribution in [2.75, 3.05) is 18.8 Å². The molecule has 1 amide bonds. The molecule has 1 heterocycles. The zero-order valence-electron chi connectivity index (χ0n) is 7.66. The summed E-state index contributed by atoms with van der Waals surface area (Å²) in [5.41, 5.74) is 6.58. The molecule has 1 aromatic carbocycles. The van der Waals surface area contributed by atoms with Crippen LogP contribution in [-0.2, 0) is 0 Å². The molecule has 0 aliphatic carbocycles. The normalized spacial score (nSPS) is 15.1. The van der Waals surface area contributed by atoms with Gasteiger partial charge < -0.3 is 10.6 Å². The van der Waals surface area contributed by atoms with Gasteiger partial charge in [-0.3, -0.25) is 4.79 Å². The van der Waals surface area contributed by atoms with E-state index in [1.807, 2.05) is 0 Å². The predicted molar refractivity (Wildman–Crippen MR) is 56.4 cm³/mol. The quantitative estimate of drug-likeness (QED) is 0.719. The minimum absolute atomic E-state index is 0.0199. The van der Waals surface area contributed by atoms with Gasteiger partial charge in [0.2, 0.25) is 0 Å². The average molecular weight is 211 g/mol. The van der Waals surface area contributed by atoms with Gasteiger partial charge in [-0.25, -0.2) is 0 Å². The number of carbonyl (C=O) groups is 1. The van der Waals surface area contributed by atoms with E-state index in [4.69, 9.17) is 17.3 Å². The van der Waals surface area contributed by atoms with Crippen LogP contribution in [0.25, 0.3) is 0 Å². The number of nitrogens with zero attached hydrogens (tertiary/aromatic N) is 1. The van der Waals surface area contributed by atoms with E-state index in [1.165, 1.54) is 0 Å². The maximum absolute atomic E-state index is 11.8. The number of hydrogen-bond donors (Lipinski definition) is 1. The Morgan fingerprint density at radius 2 is 2.14 bits per heavy atom. The fraction of sp³-hybridized carbons (Fsp3) is 0.300. The first-order chi connectivity index (χ1) is 6.70. The summed E-state index contributed by atoms with van der Waals surface area (Å²) in [5.74, 6) is -0.0199. The Morgan fingerprint density at radius 1 is 1.43 bits per heavy atom. The molecule has 2 rings (SSSR count). The van der Waals surface area contributed by atoms with Crippen molar-refractivity contribution >= 4 is 23.2 Å². The van der Waals surface area contributed by atoms with Gasteiger partial charge in [-0.05, 0) is 18.6 Å². The summed E-state index contributed by atoms with van der Waals surface area (Å²) >= 11 is 5.94. The van der Waals surface area contributed by atoms with Gasteiger partial charge >= 0.3 is 0 Å². The van der Waals surface area contributed by atoms with E-state index in [0.29, 0.717) is 16.3 Å². The van der Waals surface area contributed by atoms with Crippen molar-refractivity contribution in [3.05, 3.63) is 28.8 Å². The third kappa shape index (κ3) is 1.44.